The van der Waals surface area contributed by atoms with Crippen molar-refractivity contribution >= 4 is 0 Å². The SMILES string of the molecule is Oc1c(Cc2ccco2)cccc1Cc1ccco1. The van der Waals surface area contributed by atoms with Gasteiger partial charge in [0, 0.05) is 24.0 Å². The molecule has 1 aromatic carbocycles. The fourth-order valence-electron chi connectivity index (χ4n) is 2.13. The summed E-state index contributed by atoms with van der Waals surface area (Å²) >= 11 is 0. The summed E-state index contributed by atoms with van der Waals surface area (Å²) in [6.45, 7) is 0. The first kappa shape index (κ1) is 11.7. The maximum absolute atomic E-state index is 10.3. The van der Waals surface area contributed by atoms with Gasteiger partial charge in [-0.2, -0.15) is 0 Å². The summed E-state index contributed by atoms with van der Waals surface area (Å²) in [5, 5.41) is 10.3. The Morgan fingerprint density at radius 3 is 1.68 bits per heavy atom. The molecule has 2 aromatic heterocycles. The second-order valence-corrected chi connectivity index (χ2v) is 4.44. The molecule has 1 N–H and O–H groups in total. The van der Waals surface area contributed by atoms with E-state index in [1.807, 2.05) is 42.5 Å². The molecule has 0 atom stereocenters. The number of phenolic OH excluding ortho intramolecular Hbond substituents is 1. The number of furan rings is 2. The Kier molecular flexibility index (Phi) is 3.11. The van der Waals surface area contributed by atoms with Gasteiger partial charge in [0.2, 0.25) is 0 Å². The second-order valence-electron chi connectivity index (χ2n) is 4.44. The van der Waals surface area contributed by atoms with Crippen molar-refractivity contribution in [3.8, 4) is 5.75 Å². The lowest BCUT2D eigenvalue weighted by molar-refractivity contribution is 0.453. The molecule has 3 rings (SSSR count). The van der Waals surface area contributed by atoms with E-state index in [4.69, 9.17) is 8.83 Å². The number of benzene rings is 1. The molecule has 0 saturated carbocycles. The van der Waals surface area contributed by atoms with Gasteiger partial charge in [-0.05, 0) is 24.3 Å². The number of hydrogen-bond donors (Lipinski definition) is 1. The molecular weight excluding hydrogens is 240 g/mol. The Hall–Kier alpha value is -2.42. The van der Waals surface area contributed by atoms with Crippen LogP contribution >= 0.6 is 0 Å². The Bertz CT molecular complexity index is 582. The topological polar surface area (TPSA) is 46.5 Å². The molecule has 0 fully saturated rings. The molecule has 3 aromatic rings. The molecule has 3 heteroatoms. The minimum absolute atomic E-state index is 0.315. The number of phenols is 1. The number of para-hydroxylation sites is 1. The lowest BCUT2D eigenvalue weighted by Gasteiger charge is -2.08. The number of rotatable bonds is 4. The van der Waals surface area contributed by atoms with Crippen LogP contribution in [0.2, 0.25) is 0 Å². The van der Waals surface area contributed by atoms with Gasteiger partial charge >= 0.3 is 0 Å². The Labute approximate surface area is 111 Å². The van der Waals surface area contributed by atoms with Crippen LogP contribution in [0.25, 0.3) is 0 Å². The molecule has 0 spiro atoms. The third-order valence-corrected chi connectivity index (χ3v) is 3.09. The highest BCUT2D eigenvalue weighted by Gasteiger charge is 2.10. The molecule has 0 saturated heterocycles. The van der Waals surface area contributed by atoms with E-state index in [0.29, 0.717) is 18.6 Å². The maximum atomic E-state index is 10.3. The zero-order valence-corrected chi connectivity index (χ0v) is 10.4. The summed E-state index contributed by atoms with van der Waals surface area (Å²) in [6.07, 6.45) is 4.45. The van der Waals surface area contributed by atoms with Gasteiger partial charge in [-0.1, -0.05) is 18.2 Å². The maximum Gasteiger partial charge on any atom is 0.122 e. The number of hydrogen-bond acceptors (Lipinski definition) is 3. The highest BCUT2D eigenvalue weighted by atomic mass is 16.3. The van der Waals surface area contributed by atoms with Crippen LogP contribution in [0, 0.1) is 0 Å². The van der Waals surface area contributed by atoms with Crippen LogP contribution in [0.5, 0.6) is 5.75 Å². The van der Waals surface area contributed by atoms with Gasteiger partial charge in [0.05, 0.1) is 12.5 Å². The predicted octanol–water partition coefficient (Wildman–Crippen LogP) is 3.76. The van der Waals surface area contributed by atoms with Crippen LogP contribution in [-0.2, 0) is 12.8 Å². The summed E-state index contributed by atoms with van der Waals surface area (Å²) in [7, 11) is 0. The van der Waals surface area contributed by atoms with Crippen molar-refractivity contribution < 1.29 is 13.9 Å². The normalized spacial score (nSPS) is 10.7. The van der Waals surface area contributed by atoms with E-state index in [1.54, 1.807) is 12.5 Å². The van der Waals surface area contributed by atoms with Crippen LogP contribution in [0.4, 0.5) is 0 Å². The van der Waals surface area contributed by atoms with Crippen molar-refractivity contribution in [2.75, 3.05) is 0 Å². The molecule has 96 valence electrons. The standard InChI is InChI=1S/C16H14O3/c17-16-12(10-14-6-2-8-18-14)4-1-5-13(16)11-15-7-3-9-19-15/h1-9,17H,10-11H2. The molecular formula is C16H14O3. The summed E-state index contributed by atoms with van der Waals surface area (Å²) in [5.74, 6) is 1.99. The summed E-state index contributed by atoms with van der Waals surface area (Å²) in [4.78, 5) is 0. The lowest BCUT2D eigenvalue weighted by Crippen LogP contribution is -1.93. The zero-order valence-electron chi connectivity index (χ0n) is 10.4. The van der Waals surface area contributed by atoms with Crippen molar-refractivity contribution in [1.82, 2.24) is 0 Å². The predicted molar refractivity (Wildman–Crippen MR) is 71.1 cm³/mol. The molecule has 0 aliphatic rings. The van der Waals surface area contributed by atoms with Crippen LogP contribution < -0.4 is 0 Å². The van der Waals surface area contributed by atoms with Gasteiger partial charge in [0.1, 0.15) is 17.3 Å². The first-order valence-corrected chi connectivity index (χ1v) is 6.17. The molecule has 0 aliphatic heterocycles. The van der Waals surface area contributed by atoms with E-state index in [-0.39, 0.29) is 0 Å². The minimum Gasteiger partial charge on any atom is -0.507 e. The first-order valence-electron chi connectivity index (χ1n) is 6.17. The van der Waals surface area contributed by atoms with Crippen molar-refractivity contribution in [3.05, 3.63) is 77.6 Å². The monoisotopic (exact) mass is 254 g/mol. The van der Waals surface area contributed by atoms with Crippen LogP contribution in [0.1, 0.15) is 22.6 Å². The minimum atomic E-state index is 0.315. The fraction of sp³-hybridized carbons (Fsp3) is 0.125. The van der Waals surface area contributed by atoms with Crippen LogP contribution in [0.15, 0.2) is 63.8 Å². The van der Waals surface area contributed by atoms with E-state index in [2.05, 4.69) is 0 Å². The molecule has 0 bridgehead atoms. The van der Waals surface area contributed by atoms with E-state index in [1.165, 1.54) is 0 Å². The smallest absolute Gasteiger partial charge is 0.122 e. The van der Waals surface area contributed by atoms with Crippen molar-refractivity contribution in [1.29, 1.82) is 0 Å². The lowest BCUT2D eigenvalue weighted by atomic mass is 10.0. The third-order valence-electron chi connectivity index (χ3n) is 3.09. The number of aromatic hydroxyl groups is 1. The fourth-order valence-corrected chi connectivity index (χ4v) is 2.13. The van der Waals surface area contributed by atoms with Gasteiger partial charge in [-0.3, -0.25) is 0 Å². The molecule has 3 nitrogen and oxygen atoms in total. The Balaban J connectivity index is 1.86. The molecule has 0 aliphatic carbocycles. The highest BCUT2D eigenvalue weighted by Crippen LogP contribution is 2.27. The average molecular weight is 254 g/mol. The summed E-state index contributed by atoms with van der Waals surface area (Å²) < 4.78 is 10.6. The van der Waals surface area contributed by atoms with Gasteiger partial charge < -0.3 is 13.9 Å². The van der Waals surface area contributed by atoms with Gasteiger partial charge in [0.15, 0.2) is 0 Å². The Morgan fingerprint density at radius 1 is 0.737 bits per heavy atom. The highest BCUT2D eigenvalue weighted by molar-refractivity contribution is 5.43. The largest absolute Gasteiger partial charge is 0.507 e. The van der Waals surface area contributed by atoms with E-state index >= 15 is 0 Å². The third kappa shape index (κ3) is 2.55. The molecule has 0 unspecified atom stereocenters. The summed E-state index contributed by atoms with van der Waals surface area (Å²) in [5.41, 5.74) is 1.72. The van der Waals surface area contributed by atoms with Crippen LogP contribution in [-0.4, -0.2) is 5.11 Å². The van der Waals surface area contributed by atoms with Gasteiger partial charge in [0.25, 0.3) is 0 Å². The second kappa shape index (κ2) is 5.06. The van der Waals surface area contributed by atoms with E-state index < -0.39 is 0 Å². The molecule has 2 heterocycles. The summed E-state index contributed by atoms with van der Waals surface area (Å²) in [6, 6.07) is 13.2. The van der Waals surface area contributed by atoms with Crippen molar-refractivity contribution in [2.45, 2.75) is 12.8 Å². The van der Waals surface area contributed by atoms with E-state index in [9.17, 15) is 5.11 Å². The molecule has 0 amide bonds. The zero-order chi connectivity index (χ0) is 13.1. The Morgan fingerprint density at radius 2 is 1.26 bits per heavy atom. The van der Waals surface area contributed by atoms with E-state index in [0.717, 1.165) is 22.6 Å². The molecule has 19 heavy (non-hydrogen) atoms. The van der Waals surface area contributed by atoms with Crippen LogP contribution in [0.3, 0.4) is 0 Å². The quantitative estimate of drug-likeness (QED) is 0.771. The van der Waals surface area contributed by atoms with Gasteiger partial charge in [-0.15, -0.1) is 0 Å². The van der Waals surface area contributed by atoms with Crippen molar-refractivity contribution in [2.24, 2.45) is 0 Å². The first-order chi connectivity index (χ1) is 9.33. The molecule has 0 radical (unpaired) electrons. The average Bonchev–Trinajstić information content (AvgIpc) is 3.07. The van der Waals surface area contributed by atoms with Gasteiger partial charge in [-0.25, -0.2) is 0 Å². The van der Waals surface area contributed by atoms with Crippen molar-refractivity contribution in [3.63, 3.8) is 0 Å².